The Balaban J connectivity index is 2.23. The van der Waals surface area contributed by atoms with Crippen molar-refractivity contribution < 1.29 is 14.3 Å². The molecule has 0 N–H and O–H groups in total. The Kier molecular flexibility index (Phi) is 4.99. The second kappa shape index (κ2) is 6.93. The summed E-state index contributed by atoms with van der Waals surface area (Å²) in [6.07, 6.45) is 0.800. The second-order valence-electron chi connectivity index (χ2n) is 4.89. The summed E-state index contributed by atoms with van der Waals surface area (Å²) in [6.45, 7) is 4.45. The van der Waals surface area contributed by atoms with E-state index in [1.807, 2.05) is 56.3 Å². The maximum Gasteiger partial charge on any atom is 0.338 e. The van der Waals surface area contributed by atoms with E-state index in [4.69, 9.17) is 9.47 Å². The highest BCUT2D eigenvalue weighted by molar-refractivity contribution is 5.91. The molecule has 0 atom stereocenters. The molecular formula is C18H20O3. The monoisotopic (exact) mass is 284 g/mol. The van der Waals surface area contributed by atoms with Crippen molar-refractivity contribution in [3.8, 4) is 5.75 Å². The molecule has 2 rings (SSSR count). The van der Waals surface area contributed by atoms with Gasteiger partial charge in [0.1, 0.15) is 12.4 Å². The third-order valence-corrected chi connectivity index (χ3v) is 3.43. The van der Waals surface area contributed by atoms with Crippen LogP contribution in [0.15, 0.2) is 42.5 Å². The Hall–Kier alpha value is -2.29. The first kappa shape index (κ1) is 15.1. The van der Waals surface area contributed by atoms with Crippen LogP contribution in [0.1, 0.15) is 34.0 Å². The summed E-state index contributed by atoms with van der Waals surface area (Å²) < 4.78 is 10.7. The van der Waals surface area contributed by atoms with Crippen LogP contribution in [0.5, 0.6) is 5.75 Å². The Morgan fingerprint density at radius 1 is 1.14 bits per heavy atom. The van der Waals surface area contributed by atoms with Crippen LogP contribution < -0.4 is 4.74 Å². The number of carbonyl (C=O) groups is 1. The molecule has 0 fully saturated rings. The molecule has 21 heavy (non-hydrogen) atoms. The molecule has 0 aromatic heterocycles. The number of methoxy groups -OCH3 is 1. The van der Waals surface area contributed by atoms with Crippen LogP contribution >= 0.6 is 0 Å². The molecule has 0 bridgehead atoms. The number of ether oxygens (including phenoxy) is 2. The lowest BCUT2D eigenvalue weighted by Crippen LogP contribution is -2.06. The van der Waals surface area contributed by atoms with E-state index in [1.165, 1.54) is 7.11 Å². The van der Waals surface area contributed by atoms with Gasteiger partial charge in [0.05, 0.1) is 12.7 Å². The van der Waals surface area contributed by atoms with Gasteiger partial charge in [-0.2, -0.15) is 0 Å². The Labute approximate surface area is 125 Å². The molecule has 0 heterocycles. The minimum atomic E-state index is -0.309. The summed E-state index contributed by atoms with van der Waals surface area (Å²) in [7, 11) is 1.40. The molecule has 3 nitrogen and oxygen atoms in total. The van der Waals surface area contributed by atoms with Gasteiger partial charge in [0, 0.05) is 0 Å². The summed E-state index contributed by atoms with van der Waals surface area (Å²) in [5.41, 5.74) is 3.59. The largest absolute Gasteiger partial charge is 0.489 e. The zero-order valence-corrected chi connectivity index (χ0v) is 12.7. The zero-order valence-electron chi connectivity index (χ0n) is 12.7. The van der Waals surface area contributed by atoms with Crippen molar-refractivity contribution in [3.63, 3.8) is 0 Å². The van der Waals surface area contributed by atoms with E-state index in [-0.39, 0.29) is 5.97 Å². The maximum atomic E-state index is 11.7. The quantitative estimate of drug-likeness (QED) is 0.781. The first-order valence-corrected chi connectivity index (χ1v) is 7.04. The van der Waals surface area contributed by atoms with E-state index < -0.39 is 0 Å². The molecule has 0 saturated heterocycles. The average molecular weight is 284 g/mol. The first-order valence-electron chi connectivity index (χ1n) is 7.04. The minimum Gasteiger partial charge on any atom is -0.489 e. The Bertz CT molecular complexity index is 618. The molecule has 0 unspecified atom stereocenters. The molecule has 0 aliphatic carbocycles. The average Bonchev–Trinajstić information content (AvgIpc) is 2.53. The van der Waals surface area contributed by atoms with Crippen LogP contribution in [0.3, 0.4) is 0 Å². The summed E-state index contributed by atoms with van der Waals surface area (Å²) >= 11 is 0. The van der Waals surface area contributed by atoms with Crippen molar-refractivity contribution in [2.24, 2.45) is 0 Å². The lowest BCUT2D eigenvalue weighted by atomic mass is 10.0. The van der Waals surface area contributed by atoms with Crippen LogP contribution in [0.2, 0.25) is 0 Å². The number of benzene rings is 2. The van der Waals surface area contributed by atoms with E-state index in [0.717, 1.165) is 28.9 Å². The van der Waals surface area contributed by atoms with Gasteiger partial charge in [0.25, 0.3) is 0 Å². The highest BCUT2D eigenvalue weighted by Gasteiger charge is 2.13. The van der Waals surface area contributed by atoms with Crippen molar-refractivity contribution in [2.45, 2.75) is 26.9 Å². The zero-order chi connectivity index (χ0) is 15.2. The minimum absolute atomic E-state index is 0.309. The lowest BCUT2D eigenvalue weighted by Gasteiger charge is -2.14. The van der Waals surface area contributed by atoms with Gasteiger partial charge >= 0.3 is 5.97 Å². The molecule has 3 heteroatoms. The van der Waals surface area contributed by atoms with Gasteiger partial charge in [-0.05, 0) is 42.2 Å². The van der Waals surface area contributed by atoms with E-state index in [0.29, 0.717) is 12.2 Å². The van der Waals surface area contributed by atoms with E-state index in [2.05, 4.69) is 0 Å². The molecule has 2 aromatic rings. The normalized spacial score (nSPS) is 10.2. The van der Waals surface area contributed by atoms with Gasteiger partial charge in [-0.25, -0.2) is 4.79 Å². The van der Waals surface area contributed by atoms with Crippen LogP contribution in [0, 0.1) is 6.92 Å². The van der Waals surface area contributed by atoms with Gasteiger partial charge in [-0.3, -0.25) is 0 Å². The maximum absolute atomic E-state index is 11.7. The molecule has 0 amide bonds. The number of hydrogen-bond acceptors (Lipinski definition) is 3. The molecule has 0 radical (unpaired) electrons. The van der Waals surface area contributed by atoms with E-state index in [1.54, 1.807) is 0 Å². The molecule has 0 aliphatic rings. The van der Waals surface area contributed by atoms with Crippen molar-refractivity contribution in [3.05, 3.63) is 64.7 Å². The smallest absolute Gasteiger partial charge is 0.338 e. The SMILES string of the molecule is CCc1cc(C(=O)OC)c(C)cc1OCc1ccccc1. The molecule has 0 spiro atoms. The fourth-order valence-electron chi connectivity index (χ4n) is 2.20. The summed E-state index contributed by atoms with van der Waals surface area (Å²) in [5.74, 6) is 0.517. The number of esters is 1. The van der Waals surface area contributed by atoms with Gasteiger partial charge in [-0.15, -0.1) is 0 Å². The standard InChI is InChI=1S/C18H20O3/c1-4-15-11-16(18(19)20-3)13(2)10-17(15)21-12-14-8-6-5-7-9-14/h5-11H,4,12H2,1-3H3. The summed E-state index contributed by atoms with van der Waals surface area (Å²) in [6, 6.07) is 13.8. The molecule has 0 aliphatic heterocycles. The second-order valence-corrected chi connectivity index (χ2v) is 4.89. The van der Waals surface area contributed by atoms with Gasteiger partial charge in [-0.1, -0.05) is 37.3 Å². The van der Waals surface area contributed by atoms with Crippen LogP contribution in [-0.2, 0) is 17.8 Å². The predicted octanol–water partition coefficient (Wildman–Crippen LogP) is 3.92. The van der Waals surface area contributed by atoms with Crippen molar-refractivity contribution in [1.29, 1.82) is 0 Å². The predicted molar refractivity (Wildman–Crippen MR) is 82.7 cm³/mol. The number of carbonyl (C=O) groups excluding carboxylic acids is 1. The van der Waals surface area contributed by atoms with Crippen molar-refractivity contribution >= 4 is 5.97 Å². The van der Waals surface area contributed by atoms with Crippen molar-refractivity contribution in [1.82, 2.24) is 0 Å². The number of rotatable bonds is 5. The highest BCUT2D eigenvalue weighted by Crippen LogP contribution is 2.25. The molecule has 0 saturated carbocycles. The third-order valence-electron chi connectivity index (χ3n) is 3.43. The fraction of sp³-hybridized carbons (Fsp3) is 0.278. The summed E-state index contributed by atoms with van der Waals surface area (Å²) in [4.78, 5) is 11.7. The van der Waals surface area contributed by atoms with Crippen LogP contribution in [0.25, 0.3) is 0 Å². The van der Waals surface area contributed by atoms with Crippen LogP contribution in [0.4, 0.5) is 0 Å². The number of aryl methyl sites for hydroxylation is 2. The highest BCUT2D eigenvalue weighted by atomic mass is 16.5. The topological polar surface area (TPSA) is 35.5 Å². The first-order chi connectivity index (χ1) is 10.2. The van der Waals surface area contributed by atoms with Gasteiger partial charge in [0.2, 0.25) is 0 Å². The van der Waals surface area contributed by atoms with Crippen molar-refractivity contribution in [2.75, 3.05) is 7.11 Å². The third kappa shape index (κ3) is 3.63. The van der Waals surface area contributed by atoms with Gasteiger partial charge < -0.3 is 9.47 Å². The molecule has 2 aromatic carbocycles. The Morgan fingerprint density at radius 2 is 1.86 bits per heavy atom. The molecular weight excluding hydrogens is 264 g/mol. The number of hydrogen-bond donors (Lipinski definition) is 0. The van der Waals surface area contributed by atoms with Gasteiger partial charge in [0.15, 0.2) is 0 Å². The lowest BCUT2D eigenvalue weighted by molar-refractivity contribution is 0.0599. The fourth-order valence-corrected chi connectivity index (χ4v) is 2.20. The molecule has 110 valence electrons. The van der Waals surface area contributed by atoms with E-state index >= 15 is 0 Å². The summed E-state index contributed by atoms with van der Waals surface area (Å²) in [5, 5.41) is 0. The Morgan fingerprint density at radius 3 is 2.48 bits per heavy atom. The van der Waals surface area contributed by atoms with E-state index in [9.17, 15) is 4.79 Å². The van der Waals surface area contributed by atoms with Crippen LogP contribution in [-0.4, -0.2) is 13.1 Å².